The molecule has 3 fully saturated rings. The molecule has 0 aromatic heterocycles. The van der Waals surface area contributed by atoms with Gasteiger partial charge in [0.05, 0.1) is 59.5 Å². The lowest BCUT2D eigenvalue weighted by atomic mass is 9.98. The number of hydrogen-bond acceptors (Lipinski definition) is 38. The van der Waals surface area contributed by atoms with Crippen molar-refractivity contribution in [3.05, 3.63) is 10.4 Å². The van der Waals surface area contributed by atoms with E-state index in [0.29, 0.717) is 6.42 Å². The number of nitrogens with one attached hydrogen (secondary N) is 4. The van der Waals surface area contributed by atoms with Gasteiger partial charge in [-0.1, -0.05) is 5.11 Å². The number of amides is 4. The van der Waals surface area contributed by atoms with Crippen molar-refractivity contribution >= 4 is 95.3 Å². The maximum Gasteiger partial charge on any atom is 0.303 e. The third-order valence-electron chi connectivity index (χ3n) is 14.9. The minimum atomic E-state index is -1.68. The number of ether oxygens (including phenoxy) is 21. The molecule has 0 aliphatic carbocycles. The van der Waals surface area contributed by atoms with E-state index in [1.54, 1.807) is 0 Å². The van der Waals surface area contributed by atoms with E-state index in [2.05, 4.69) is 31.3 Å². The summed E-state index contributed by atoms with van der Waals surface area (Å²) in [5.41, 5.74) is 7.13. The quantitative estimate of drug-likeness (QED) is 0.0130. The highest BCUT2D eigenvalue weighted by Crippen LogP contribution is 2.33. The fraction of sp³-hybridized carbons (Fsp3) is 0.758. The van der Waals surface area contributed by atoms with Crippen molar-refractivity contribution in [2.24, 2.45) is 5.11 Å². The number of hydrogen-bond donors (Lipinski definition) is 4. The van der Waals surface area contributed by atoms with Crippen molar-refractivity contribution in [3.8, 4) is 0 Å². The minimum absolute atomic E-state index is 0.0580. The molecule has 3 aliphatic rings. The zero-order valence-electron chi connectivity index (χ0n) is 63.2. The Balaban J connectivity index is 1.85. The van der Waals surface area contributed by atoms with Gasteiger partial charge in [-0.15, -0.1) is 0 Å². The molecule has 4 amide bonds. The molecule has 3 saturated heterocycles. The van der Waals surface area contributed by atoms with Gasteiger partial charge in [-0.05, 0) is 18.4 Å². The molecule has 110 heavy (non-hydrogen) atoms. The summed E-state index contributed by atoms with van der Waals surface area (Å²) in [7, 11) is 0. The molecule has 0 aromatic carbocycles. The van der Waals surface area contributed by atoms with Crippen LogP contribution in [0.5, 0.6) is 0 Å². The van der Waals surface area contributed by atoms with Crippen LogP contribution in [0, 0.1) is 0 Å². The van der Waals surface area contributed by atoms with Gasteiger partial charge in [0, 0.05) is 140 Å². The molecule has 0 saturated carbocycles. The predicted molar refractivity (Wildman–Crippen MR) is 358 cm³/mol. The maximum absolute atomic E-state index is 13.8. The third-order valence-corrected chi connectivity index (χ3v) is 14.9. The summed E-state index contributed by atoms with van der Waals surface area (Å²) in [5, 5.41) is 14.2. The van der Waals surface area contributed by atoms with Crippen LogP contribution >= 0.6 is 0 Å². The lowest BCUT2D eigenvalue weighted by molar-refractivity contribution is -0.307. The van der Waals surface area contributed by atoms with Gasteiger partial charge in [0.2, 0.25) is 23.6 Å². The number of carbonyl (C=O) groups excluding carboxylic acids is 16. The lowest BCUT2D eigenvalue weighted by Crippen LogP contribution is -2.63. The van der Waals surface area contributed by atoms with Crippen LogP contribution in [-0.4, -0.2) is 298 Å². The molecule has 0 radical (unpaired) electrons. The minimum Gasteiger partial charge on any atom is -0.463 e. The fourth-order valence-corrected chi connectivity index (χ4v) is 10.7. The first kappa shape index (κ1) is 94.7. The molecule has 3 rings (SSSR count). The van der Waals surface area contributed by atoms with Gasteiger partial charge < -0.3 is 121 Å². The SMILES string of the molecule is CC(=O)OC[C@H]1O[C@H](OCCNC(=O)CCOCC(COCCC(=O)NCCO[C@H]2O[C@H](COC(C)=O)[C@@H](OC(C)=O)[C@H](OC(C)=O)[C@@H]2OC(C)=O)(COCCC(=O)NCCO[C@H]2O[C@H](COC(C)=O)[C@@H](OC(C)=O)[C@H](OC(C)=O)[C@@H]2OC(C)=O)NC(=O)CCCCN=[N+]=[N-])[C@@H](OC(C)=O)[C@@H](OC(C)=O)[C@@H]1OC(C)=O. The first-order chi connectivity index (χ1) is 52.0. The summed E-state index contributed by atoms with van der Waals surface area (Å²) in [6.07, 6.45) is -23.0. The number of unbranched alkanes of at least 4 members (excludes halogenated alkanes) is 1. The van der Waals surface area contributed by atoms with Crippen LogP contribution in [0.1, 0.15) is 122 Å². The molecule has 4 N–H and O–H groups in total. The zero-order chi connectivity index (χ0) is 82.0. The van der Waals surface area contributed by atoms with Gasteiger partial charge in [-0.25, -0.2) is 0 Å². The molecule has 3 heterocycles. The molecule has 0 spiro atoms. The molecule has 15 atom stereocenters. The van der Waals surface area contributed by atoms with Crippen LogP contribution in [-0.2, 0) is 176 Å². The summed E-state index contributed by atoms with van der Waals surface area (Å²) in [5.74, 6) is -12.6. The van der Waals surface area contributed by atoms with Crippen LogP contribution in [0.4, 0.5) is 0 Å². The smallest absolute Gasteiger partial charge is 0.303 e. The van der Waals surface area contributed by atoms with E-state index in [0.717, 1.165) is 83.1 Å². The van der Waals surface area contributed by atoms with Crippen molar-refractivity contribution in [1.29, 1.82) is 0 Å². The first-order valence-corrected chi connectivity index (χ1v) is 34.6. The highest BCUT2D eigenvalue weighted by molar-refractivity contribution is 5.78. The number of rotatable bonds is 48. The van der Waals surface area contributed by atoms with E-state index in [-0.39, 0.29) is 97.9 Å². The second kappa shape index (κ2) is 50.3. The highest BCUT2D eigenvalue weighted by atomic mass is 16.8. The summed E-state index contributed by atoms with van der Waals surface area (Å²) in [4.78, 5) is 202. The number of azide groups is 1. The largest absolute Gasteiger partial charge is 0.463 e. The Bertz CT molecular complexity index is 2860. The second-order valence-corrected chi connectivity index (χ2v) is 24.5. The van der Waals surface area contributed by atoms with Gasteiger partial charge in [0.25, 0.3) is 0 Å². The molecule has 44 heteroatoms. The van der Waals surface area contributed by atoms with E-state index in [9.17, 15) is 76.7 Å². The Morgan fingerprint density at radius 2 is 0.600 bits per heavy atom. The van der Waals surface area contributed by atoms with Gasteiger partial charge in [-0.3, -0.25) is 76.7 Å². The van der Waals surface area contributed by atoms with E-state index in [4.69, 9.17) is 105 Å². The molecule has 3 aliphatic heterocycles. The van der Waals surface area contributed by atoms with Crippen molar-refractivity contribution in [2.45, 2.75) is 219 Å². The fourth-order valence-electron chi connectivity index (χ4n) is 10.7. The number of nitrogens with zero attached hydrogens (tertiary/aromatic N) is 3. The average Bonchev–Trinajstić information content (AvgIpc) is 0.797. The molecular formula is C66H99N7O37. The van der Waals surface area contributed by atoms with Crippen LogP contribution in [0.3, 0.4) is 0 Å². The van der Waals surface area contributed by atoms with E-state index >= 15 is 0 Å². The van der Waals surface area contributed by atoms with Gasteiger partial charge in [-0.2, -0.15) is 0 Å². The highest BCUT2D eigenvalue weighted by Gasteiger charge is 2.56. The summed E-state index contributed by atoms with van der Waals surface area (Å²) >= 11 is 0. The van der Waals surface area contributed by atoms with Gasteiger partial charge in [0.15, 0.2) is 73.8 Å². The molecule has 44 nitrogen and oxygen atoms in total. The Hall–Kier alpha value is -9.53. The maximum atomic E-state index is 13.8. The summed E-state index contributed by atoms with van der Waals surface area (Å²) in [6.45, 7) is 6.92. The molecule has 0 aromatic rings. The Morgan fingerprint density at radius 1 is 0.336 bits per heavy atom. The van der Waals surface area contributed by atoms with Crippen molar-refractivity contribution in [2.75, 3.05) is 105 Å². The van der Waals surface area contributed by atoms with Gasteiger partial charge in [0.1, 0.15) is 43.7 Å². The molecule has 620 valence electrons. The van der Waals surface area contributed by atoms with Crippen LogP contribution < -0.4 is 21.3 Å². The van der Waals surface area contributed by atoms with Crippen LogP contribution in [0.25, 0.3) is 10.4 Å². The van der Waals surface area contributed by atoms with Crippen LogP contribution in [0.15, 0.2) is 5.11 Å². The number of esters is 12. The van der Waals surface area contributed by atoms with E-state index in [1.807, 2.05) is 0 Å². The first-order valence-electron chi connectivity index (χ1n) is 34.6. The van der Waals surface area contributed by atoms with E-state index in [1.165, 1.54) is 0 Å². The zero-order valence-corrected chi connectivity index (χ0v) is 63.2. The van der Waals surface area contributed by atoms with E-state index < -0.39 is 233 Å². The standard InChI is InChI=1S/C66H99N7O37/c1-35(74)96-29-47-54(99-38(4)77)57(102-41(7)80)60(105-44(10)83)63(108-47)93-26-20-68-50(86)16-23-90-32-66(72-53(89)15-13-14-19-71-73-67,33-91-24-17-51(87)69-21-27-94-64-61(106-45(11)84)58(103-42(8)81)55(100-39(5)78)48(109-64)30-97-36(2)75)34-92-25-18-52(88)70-22-28-95-65-62(107-46(12)85)59(104-43(9)82)56(101-40(6)79)49(110-65)31-98-37(3)76/h47-49,54-65H,13-34H2,1-12H3,(H,68,86)(H,69,87)(H,70,88)(H,72,89)/t47-,48-,49-,54-,55-,56-,57+,58+,59+,60+,61+,62+,63+,64+,65+/m1/s1. The van der Waals surface area contributed by atoms with Gasteiger partial charge >= 0.3 is 71.6 Å². The van der Waals surface area contributed by atoms with Crippen molar-refractivity contribution in [1.82, 2.24) is 21.3 Å². The monoisotopic (exact) mass is 1580 g/mol. The molecular weight excluding hydrogens is 1480 g/mol. The third kappa shape index (κ3) is 37.3. The Labute approximate surface area is 631 Å². The lowest BCUT2D eigenvalue weighted by Gasteiger charge is -2.44. The topological polar surface area (TPSA) is 564 Å². The Morgan fingerprint density at radius 3 is 0.855 bits per heavy atom. The summed E-state index contributed by atoms with van der Waals surface area (Å²) in [6, 6.07) is 0. The number of carbonyl (C=O) groups is 16. The Kier molecular flexibility index (Phi) is 43.3. The van der Waals surface area contributed by atoms with Crippen molar-refractivity contribution < 1.29 is 176 Å². The second-order valence-electron chi connectivity index (χ2n) is 24.5. The molecule has 0 unspecified atom stereocenters. The normalized spacial score (nSPS) is 23.4. The predicted octanol–water partition coefficient (Wildman–Crippen LogP) is -1.81. The van der Waals surface area contributed by atoms with Crippen molar-refractivity contribution in [3.63, 3.8) is 0 Å². The average molecular weight is 1580 g/mol. The summed E-state index contributed by atoms with van der Waals surface area (Å²) < 4.78 is 117. The molecule has 0 bridgehead atoms. The van der Waals surface area contributed by atoms with Crippen LogP contribution in [0.2, 0.25) is 0 Å².